The van der Waals surface area contributed by atoms with Crippen molar-refractivity contribution in [3.05, 3.63) is 99.1 Å². The van der Waals surface area contributed by atoms with Crippen LogP contribution in [-0.4, -0.2) is 47.4 Å². The molecule has 1 aliphatic carbocycles. The average molecular weight is 580 g/mol. The number of nitro groups is 1. The molecule has 1 N–H and O–H groups in total. The molecule has 0 saturated heterocycles. The van der Waals surface area contributed by atoms with Crippen LogP contribution < -0.4 is 14.8 Å². The van der Waals surface area contributed by atoms with Crippen molar-refractivity contribution in [3.63, 3.8) is 0 Å². The highest BCUT2D eigenvalue weighted by Gasteiger charge is 2.32. The molecular weight excluding hydrogens is 546 g/mol. The van der Waals surface area contributed by atoms with Gasteiger partial charge in [-0.3, -0.25) is 19.7 Å². The van der Waals surface area contributed by atoms with Gasteiger partial charge in [0.1, 0.15) is 11.8 Å². The number of rotatable bonds is 12. The topological polar surface area (TPSA) is 111 Å². The molecule has 0 heterocycles. The Balaban J connectivity index is 1.61. The molecule has 4 rings (SSSR count). The lowest BCUT2D eigenvalue weighted by atomic mass is 9.94. The molecule has 0 aromatic heterocycles. The minimum atomic E-state index is -0.794. The zero-order chi connectivity index (χ0) is 29.2. The number of hydrogen-bond donors (Lipinski definition) is 1. The van der Waals surface area contributed by atoms with Crippen LogP contribution in [0.15, 0.2) is 72.8 Å². The van der Waals surface area contributed by atoms with Gasteiger partial charge in [0.05, 0.1) is 12.0 Å². The number of methoxy groups -OCH3 is 1. The number of ether oxygens (including phenoxy) is 2. The quantitative estimate of drug-likeness (QED) is 0.217. The van der Waals surface area contributed by atoms with Crippen molar-refractivity contribution in [1.29, 1.82) is 0 Å². The van der Waals surface area contributed by atoms with Crippen LogP contribution >= 0.6 is 11.6 Å². The fraction of sp³-hybridized carbons (Fsp3) is 0.355. The standard InChI is InChI=1S/C31H34ClN3O6/c1-40-29-19-26(16-17-27(29)35(38)39)41-21-30(36)34(20-23-12-14-24(32)15-13-23)28(18-22-8-4-2-5-9-22)31(37)33-25-10-6-3-7-11-25/h2,4-5,8-9,12-17,19,25,28H,3,6-7,10-11,18,20-21H2,1H3,(H,33,37). The van der Waals surface area contributed by atoms with Crippen molar-refractivity contribution in [1.82, 2.24) is 10.2 Å². The normalized spacial score (nSPS) is 14.1. The molecular formula is C31H34ClN3O6. The first kappa shape index (κ1) is 29.9. The Bertz CT molecular complexity index is 1330. The van der Waals surface area contributed by atoms with Gasteiger partial charge in [-0.15, -0.1) is 0 Å². The average Bonchev–Trinajstić information content (AvgIpc) is 2.99. The summed E-state index contributed by atoms with van der Waals surface area (Å²) in [6, 6.07) is 20.0. The second-order valence-electron chi connectivity index (χ2n) is 10.1. The van der Waals surface area contributed by atoms with E-state index in [2.05, 4.69) is 5.32 Å². The van der Waals surface area contributed by atoms with Crippen molar-refractivity contribution in [2.75, 3.05) is 13.7 Å². The van der Waals surface area contributed by atoms with Gasteiger partial charge in [0.25, 0.3) is 5.91 Å². The number of halogens is 1. The van der Waals surface area contributed by atoms with E-state index < -0.39 is 16.9 Å². The lowest BCUT2D eigenvalue weighted by Gasteiger charge is -2.33. The lowest BCUT2D eigenvalue weighted by molar-refractivity contribution is -0.385. The molecule has 0 radical (unpaired) electrons. The molecule has 216 valence electrons. The summed E-state index contributed by atoms with van der Waals surface area (Å²) in [5, 5.41) is 15.0. The van der Waals surface area contributed by atoms with Crippen LogP contribution in [0, 0.1) is 10.1 Å². The molecule has 2 amide bonds. The van der Waals surface area contributed by atoms with Crippen LogP contribution in [0.5, 0.6) is 11.5 Å². The highest BCUT2D eigenvalue weighted by Crippen LogP contribution is 2.31. The van der Waals surface area contributed by atoms with Gasteiger partial charge in [-0.25, -0.2) is 0 Å². The Morgan fingerprint density at radius 1 is 1.02 bits per heavy atom. The summed E-state index contributed by atoms with van der Waals surface area (Å²) in [6.07, 6.45) is 5.44. The number of benzene rings is 3. The van der Waals surface area contributed by atoms with E-state index in [9.17, 15) is 19.7 Å². The number of hydrogen-bond acceptors (Lipinski definition) is 6. The van der Waals surface area contributed by atoms with Crippen LogP contribution in [0.3, 0.4) is 0 Å². The maximum atomic E-state index is 13.8. The number of carbonyl (C=O) groups is 2. The zero-order valence-corrected chi connectivity index (χ0v) is 23.7. The van der Waals surface area contributed by atoms with E-state index in [1.807, 2.05) is 42.5 Å². The fourth-order valence-corrected chi connectivity index (χ4v) is 5.14. The van der Waals surface area contributed by atoms with Gasteiger partial charge in [-0.05, 0) is 42.2 Å². The predicted molar refractivity (Wildman–Crippen MR) is 156 cm³/mol. The molecule has 1 atom stereocenters. The molecule has 3 aromatic carbocycles. The van der Waals surface area contributed by atoms with E-state index in [4.69, 9.17) is 21.1 Å². The molecule has 1 fully saturated rings. The molecule has 9 nitrogen and oxygen atoms in total. The molecule has 0 spiro atoms. The van der Waals surface area contributed by atoms with E-state index in [1.54, 1.807) is 12.1 Å². The summed E-state index contributed by atoms with van der Waals surface area (Å²) in [7, 11) is 1.32. The Morgan fingerprint density at radius 2 is 1.73 bits per heavy atom. The number of nitrogens with one attached hydrogen (secondary N) is 1. The van der Waals surface area contributed by atoms with Crippen LogP contribution in [-0.2, 0) is 22.6 Å². The van der Waals surface area contributed by atoms with Crippen LogP contribution in [0.25, 0.3) is 0 Å². The third-order valence-electron chi connectivity index (χ3n) is 7.20. The lowest BCUT2D eigenvalue weighted by Crippen LogP contribution is -2.53. The minimum absolute atomic E-state index is 0.0202. The first-order valence-corrected chi connectivity index (χ1v) is 14.0. The monoisotopic (exact) mass is 579 g/mol. The largest absolute Gasteiger partial charge is 0.490 e. The highest BCUT2D eigenvalue weighted by molar-refractivity contribution is 6.30. The van der Waals surface area contributed by atoms with Crippen molar-refractivity contribution < 1.29 is 24.0 Å². The van der Waals surface area contributed by atoms with Gasteiger partial charge >= 0.3 is 5.69 Å². The zero-order valence-electron chi connectivity index (χ0n) is 23.0. The Morgan fingerprint density at radius 3 is 2.39 bits per heavy atom. The second kappa shape index (κ2) is 14.5. The van der Waals surface area contributed by atoms with Crippen LogP contribution in [0.4, 0.5) is 5.69 Å². The Labute approximate surface area is 244 Å². The van der Waals surface area contributed by atoms with Crippen molar-refractivity contribution >= 4 is 29.1 Å². The predicted octanol–water partition coefficient (Wildman–Crippen LogP) is 5.72. The second-order valence-corrected chi connectivity index (χ2v) is 10.5. The third-order valence-corrected chi connectivity index (χ3v) is 7.45. The summed E-state index contributed by atoms with van der Waals surface area (Å²) >= 11 is 6.10. The first-order chi connectivity index (χ1) is 19.8. The molecule has 0 aliphatic heterocycles. The van der Waals surface area contributed by atoms with Gasteiger partial charge in [0.15, 0.2) is 6.61 Å². The molecule has 0 bridgehead atoms. The fourth-order valence-electron chi connectivity index (χ4n) is 5.01. The van der Waals surface area contributed by atoms with E-state index in [0.717, 1.165) is 43.2 Å². The number of nitrogens with zero attached hydrogens (tertiary/aromatic N) is 2. The number of nitro benzene ring substituents is 1. The van der Waals surface area contributed by atoms with Crippen molar-refractivity contribution in [2.45, 2.75) is 57.2 Å². The molecule has 10 heteroatoms. The first-order valence-electron chi connectivity index (χ1n) is 13.7. The Kier molecular flexibility index (Phi) is 10.6. The summed E-state index contributed by atoms with van der Waals surface area (Å²) in [5.41, 5.74) is 1.52. The van der Waals surface area contributed by atoms with Crippen LogP contribution in [0.1, 0.15) is 43.2 Å². The van der Waals surface area contributed by atoms with Gasteiger partial charge in [0, 0.05) is 36.2 Å². The SMILES string of the molecule is COc1cc(OCC(=O)N(Cc2ccc(Cl)cc2)C(Cc2ccccc2)C(=O)NC2CCCCC2)ccc1[N+](=O)[O-]. The number of amides is 2. The maximum absolute atomic E-state index is 13.8. The third kappa shape index (κ3) is 8.44. The summed E-state index contributed by atoms with van der Waals surface area (Å²) in [5.74, 6) is -0.359. The van der Waals surface area contributed by atoms with E-state index in [1.165, 1.54) is 30.2 Å². The van der Waals surface area contributed by atoms with Crippen molar-refractivity contribution in [2.24, 2.45) is 0 Å². The molecule has 1 unspecified atom stereocenters. The maximum Gasteiger partial charge on any atom is 0.311 e. The highest BCUT2D eigenvalue weighted by atomic mass is 35.5. The van der Waals surface area contributed by atoms with Gasteiger partial charge < -0.3 is 19.7 Å². The molecule has 1 aliphatic rings. The van der Waals surface area contributed by atoms with Gasteiger partial charge in [-0.2, -0.15) is 0 Å². The van der Waals surface area contributed by atoms with Crippen LogP contribution in [0.2, 0.25) is 5.02 Å². The van der Waals surface area contributed by atoms with Crippen molar-refractivity contribution in [3.8, 4) is 11.5 Å². The Hall–Kier alpha value is -4.11. The summed E-state index contributed by atoms with van der Waals surface area (Å²) in [6.45, 7) is -0.213. The van der Waals surface area contributed by atoms with Gasteiger partial charge in [0.2, 0.25) is 11.7 Å². The molecule has 3 aromatic rings. The van der Waals surface area contributed by atoms with Gasteiger partial charge in [-0.1, -0.05) is 73.3 Å². The van der Waals surface area contributed by atoms with E-state index >= 15 is 0 Å². The smallest absolute Gasteiger partial charge is 0.311 e. The van der Waals surface area contributed by atoms with E-state index in [0.29, 0.717) is 11.4 Å². The molecule has 41 heavy (non-hydrogen) atoms. The van der Waals surface area contributed by atoms with E-state index in [-0.39, 0.29) is 42.3 Å². The molecule has 1 saturated carbocycles. The number of carbonyl (C=O) groups excluding carboxylic acids is 2. The minimum Gasteiger partial charge on any atom is -0.490 e. The summed E-state index contributed by atoms with van der Waals surface area (Å²) in [4.78, 5) is 39.9. The summed E-state index contributed by atoms with van der Waals surface area (Å²) < 4.78 is 10.9.